The van der Waals surface area contributed by atoms with Crippen LogP contribution in [0.25, 0.3) is 0 Å². The number of unbranched alkanes of at least 4 members (excludes halogenated alkanes) is 5. The SMILES string of the molecule is CCCCCN1CC=C[C@]23O[C@@H]4C=CCN(c5ccccc5)C(=O)[C@@H]4[C@H]2C(=O)N(CCCCCCO)C3C1=O. The Hall–Kier alpha value is -2.97. The Labute approximate surface area is 231 Å². The van der Waals surface area contributed by atoms with Crippen LogP contribution in [-0.4, -0.2) is 83.2 Å². The number of para-hydroxylation sites is 1. The fraction of sp³-hybridized carbons (Fsp3) is 0.581. The largest absolute Gasteiger partial charge is 0.396 e. The molecule has 210 valence electrons. The number of fused-ring (bicyclic) bond motifs is 2. The lowest BCUT2D eigenvalue weighted by atomic mass is 9.77. The fourth-order valence-electron chi connectivity index (χ4n) is 6.76. The molecule has 2 saturated heterocycles. The fourth-order valence-corrected chi connectivity index (χ4v) is 6.76. The first-order valence-electron chi connectivity index (χ1n) is 14.6. The molecule has 3 amide bonds. The number of carbonyl (C=O) groups is 3. The van der Waals surface area contributed by atoms with Crippen molar-refractivity contribution in [1.82, 2.24) is 9.80 Å². The van der Waals surface area contributed by atoms with Gasteiger partial charge in [0.1, 0.15) is 11.6 Å². The van der Waals surface area contributed by atoms with Crippen molar-refractivity contribution in [2.24, 2.45) is 11.8 Å². The molecular weight excluding hydrogens is 494 g/mol. The molecule has 4 aliphatic rings. The van der Waals surface area contributed by atoms with Gasteiger partial charge in [-0.05, 0) is 31.4 Å². The quantitative estimate of drug-likeness (QED) is 0.347. The number of benzene rings is 1. The van der Waals surface area contributed by atoms with Crippen LogP contribution in [0.2, 0.25) is 0 Å². The van der Waals surface area contributed by atoms with Gasteiger partial charge in [-0.3, -0.25) is 14.4 Å². The van der Waals surface area contributed by atoms with E-state index in [9.17, 15) is 14.4 Å². The van der Waals surface area contributed by atoms with E-state index in [-0.39, 0.29) is 24.3 Å². The van der Waals surface area contributed by atoms with Crippen LogP contribution in [0.5, 0.6) is 0 Å². The first kappa shape index (κ1) is 27.6. The smallest absolute Gasteiger partial charge is 0.249 e. The molecule has 39 heavy (non-hydrogen) atoms. The molecule has 4 aliphatic heterocycles. The number of hydrogen-bond donors (Lipinski definition) is 1. The van der Waals surface area contributed by atoms with Gasteiger partial charge in [0.2, 0.25) is 17.7 Å². The Morgan fingerprint density at radius 3 is 2.44 bits per heavy atom. The van der Waals surface area contributed by atoms with Crippen LogP contribution in [0.1, 0.15) is 51.9 Å². The Kier molecular flexibility index (Phi) is 8.52. The first-order chi connectivity index (χ1) is 19.0. The van der Waals surface area contributed by atoms with E-state index in [4.69, 9.17) is 9.84 Å². The number of aliphatic hydroxyl groups excluding tert-OH is 1. The van der Waals surface area contributed by atoms with Crippen LogP contribution in [0.3, 0.4) is 0 Å². The zero-order valence-electron chi connectivity index (χ0n) is 22.9. The second-order valence-corrected chi connectivity index (χ2v) is 11.1. The Bertz CT molecular complexity index is 1100. The number of anilines is 1. The molecule has 0 aliphatic carbocycles. The molecule has 8 heteroatoms. The predicted molar refractivity (Wildman–Crippen MR) is 149 cm³/mol. The van der Waals surface area contributed by atoms with Crippen LogP contribution >= 0.6 is 0 Å². The summed E-state index contributed by atoms with van der Waals surface area (Å²) in [7, 11) is 0. The van der Waals surface area contributed by atoms with Crippen LogP contribution in [0.15, 0.2) is 54.6 Å². The van der Waals surface area contributed by atoms with E-state index >= 15 is 0 Å². The summed E-state index contributed by atoms with van der Waals surface area (Å²) >= 11 is 0. The third kappa shape index (κ3) is 5.05. The number of rotatable bonds is 11. The summed E-state index contributed by atoms with van der Waals surface area (Å²) in [5, 5.41) is 9.15. The maximum atomic E-state index is 14.3. The minimum absolute atomic E-state index is 0.0879. The zero-order chi connectivity index (χ0) is 27.4. The molecule has 1 aromatic carbocycles. The monoisotopic (exact) mass is 535 g/mol. The summed E-state index contributed by atoms with van der Waals surface area (Å²) < 4.78 is 6.72. The molecule has 8 nitrogen and oxygen atoms in total. The number of aliphatic hydroxyl groups is 1. The number of amides is 3. The summed E-state index contributed by atoms with van der Waals surface area (Å²) in [6.07, 6.45) is 13.3. The van der Waals surface area contributed by atoms with Crippen molar-refractivity contribution in [2.45, 2.75) is 69.6 Å². The first-order valence-corrected chi connectivity index (χ1v) is 14.6. The predicted octanol–water partition coefficient (Wildman–Crippen LogP) is 3.31. The van der Waals surface area contributed by atoms with Crippen molar-refractivity contribution >= 4 is 23.4 Å². The highest BCUT2D eigenvalue weighted by Crippen LogP contribution is 2.53. The van der Waals surface area contributed by atoms with E-state index < -0.39 is 29.6 Å². The molecule has 0 aromatic heterocycles. The van der Waals surface area contributed by atoms with Gasteiger partial charge in [-0.1, -0.05) is 75.1 Å². The van der Waals surface area contributed by atoms with E-state index in [1.807, 2.05) is 59.5 Å². The summed E-state index contributed by atoms with van der Waals surface area (Å²) in [5.74, 6) is -1.86. The van der Waals surface area contributed by atoms with Crippen LogP contribution in [0, 0.1) is 11.8 Å². The molecule has 4 heterocycles. The van der Waals surface area contributed by atoms with Crippen LogP contribution < -0.4 is 4.90 Å². The van der Waals surface area contributed by atoms with E-state index in [1.165, 1.54) is 0 Å². The maximum absolute atomic E-state index is 14.3. The highest BCUT2D eigenvalue weighted by atomic mass is 16.5. The third-order valence-electron chi connectivity index (χ3n) is 8.65. The van der Waals surface area contributed by atoms with Gasteiger partial charge in [-0.2, -0.15) is 0 Å². The summed E-state index contributed by atoms with van der Waals surface area (Å²) in [6, 6.07) is 8.73. The number of nitrogens with zero attached hydrogens (tertiary/aromatic N) is 3. The van der Waals surface area contributed by atoms with E-state index in [0.29, 0.717) is 26.2 Å². The lowest BCUT2D eigenvalue weighted by molar-refractivity contribution is -0.147. The van der Waals surface area contributed by atoms with Gasteiger partial charge in [0.25, 0.3) is 0 Å². The van der Waals surface area contributed by atoms with Gasteiger partial charge in [-0.25, -0.2) is 0 Å². The molecule has 1 unspecified atom stereocenters. The molecule has 0 radical (unpaired) electrons. The topological polar surface area (TPSA) is 90.4 Å². The van der Waals surface area contributed by atoms with Crippen molar-refractivity contribution in [1.29, 1.82) is 0 Å². The average Bonchev–Trinajstić information content (AvgIpc) is 3.25. The Balaban J connectivity index is 1.49. The average molecular weight is 536 g/mol. The molecular formula is C31H41N3O5. The molecule has 5 rings (SSSR count). The normalized spacial score (nSPS) is 29.9. The van der Waals surface area contributed by atoms with E-state index in [2.05, 4.69) is 6.92 Å². The minimum Gasteiger partial charge on any atom is -0.396 e. The summed E-state index contributed by atoms with van der Waals surface area (Å²) in [4.78, 5) is 47.8. The molecule has 0 saturated carbocycles. The second-order valence-electron chi connectivity index (χ2n) is 11.1. The van der Waals surface area contributed by atoms with Crippen molar-refractivity contribution in [2.75, 3.05) is 37.7 Å². The van der Waals surface area contributed by atoms with Gasteiger partial charge >= 0.3 is 0 Å². The number of hydrogen-bond acceptors (Lipinski definition) is 5. The maximum Gasteiger partial charge on any atom is 0.249 e. The second kappa shape index (κ2) is 12.0. The number of ether oxygens (including phenoxy) is 1. The van der Waals surface area contributed by atoms with Crippen molar-refractivity contribution in [3.8, 4) is 0 Å². The van der Waals surface area contributed by atoms with Crippen LogP contribution in [0.4, 0.5) is 5.69 Å². The standard InChI is InChI=1S/C31H41N3O5/c1-2-3-9-18-32-19-13-17-31-26(29(37)34(27(31)30(32)38)20-10-4-5-11-22-35)25-24(39-31)16-12-21-33(28(25)36)23-14-7-6-8-15-23/h6-8,12-17,24-27,35H,2-5,9-11,18-22H2,1H3/t24-,25+,26+,27?,31+/m1/s1. The van der Waals surface area contributed by atoms with E-state index in [1.54, 1.807) is 9.80 Å². The summed E-state index contributed by atoms with van der Waals surface area (Å²) in [6.45, 7) is 4.24. The molecule has 1 spiro atoms. The van der Waals surface area contributed by atoms with Gasteiger partial charge in [0, 0.05) is 38.5 Å². The Morgan fingerprint density at radius 1 is 0.897 bits per heavy atom. The molecule has 5 atom stereocenters. The van der Waals surface area contributed by atoms with Gasteiger partial charge < -0.3 is 24.5 Å². The lowest BCUT2D eigenvalue weighted by Gasteiger charge is -2.35. The van der Waals surface area contributed by atoms with E-state index in [0.717, 1.165) is 50.6 Å². The number of carbonyl (C=O) groups excluding carboxylic acids is 3. The van der Waals surface area contributed by atoms with Crippen molar-refractivity contribution in [3.63, 3.8) is 0 Å². The van der Waals surface area contributed by atoms with Gasteiger partial charge in [-0.15, -0.1) is 0 Å². The number of likely N-dealkylation sites (tertiary alicyclic amines) is 1. The lowest BCUT2D eigenvalue weighted by Crippen LogP contribution is -2.55. The highest BCUT2D eigenvalue weighted by Gasteiger charge is 2.71. The molecule has 0 bridgehead atoms. The van der Waals surface area contributed by atoms with Crippen molar-refractivity contribution in [3.05, 3.63) is 54.6 Å². The molecule has 2 fully saturated rings. The summed E-state index contributed by atoms with van der Waals surface area (Å²) in [5.41, 5.74) is -0.389. The van der Waals surface area contributed by atoms with Gasteiger partial charge in [0.05, 0.1) is 17.9 Å². The third-order valence-corrected chi connectivity index (χ3v) is 8.65. The van der Waals surface area contributed by atoms with Gasteiger partial charge in [0.15, 0.2) is 0 Å². The Morgan fingerprint density at radius 2 is 1.67 bits per heavy atom. The molecule has 1 aromatic rings. The minimum atomic E-state index is -1.17. The zero-order valence-corrected chi connectivity index (χ0v) is 22.9. The van der Waals surface area contributed by atoms with Crippen molar-refractivity contribution < 1.29 is 24.2 Å². The highest BCUT2D eigenvalue weighted by molar-refractivity contribution is 6.03. The van der Waals surface area contributed by atoms with Crippen LogP contribution in [-0.2, 0) is 19.1 Å². The molecule has 1 N–H and O–H groups in total.